The van der Waals surface area contributed by atoms with Gasteiger partial charge in [-0.15, -0.1) is 0 Å². The largest absolute Gasteiger partial charge is 0.389 e. The number of nitrogens with zero attached hydrogens (tertiary/aromatic N) is 2. The van der Waals surface area contributed by atoms with Crippen LogP contribution in [-0.2, 0) is 6.42 Å². The second-order valence-corrected chi connectivity index (χ2v) is 6.93. The predicted octanol–water partition coefficient (Wildman–Crippen LogP) is 2.24. The summed E-state index contributed by atoms with van der Waals surface area (Å²) < 4.78 is 0. The second-order valence-electron chi connectivity index (χ2n) is 6.93. The fourth-order valence-electron chi connectivity index (χ4n) is 3.07. The normalized spacial score (nSPS) is 15.3. The predicted molar refractivity (Wildman–Crippen MR) is 93.9 cm³/mol. The van der Waals surface area contributed by atoms with E-state index in [0.29, 0.717) is 19.6 Å². The van der Waals surface area contributed by atoms with Gasteiger partial charge in [-0.1, -0.05) is 18.2 Å². The van der Waals surface area contributed by atoms with Gasteiger partial charge in [0.15, 0.2) is 0 Å². The zero-order valence-electron chi connectivity index (χ0n) is 14.7. The van der Waals surface area contributed by atoms with Gasteiger partial charge in [0.2, 0.25) is 0 Å². The molecule has 5 nitrogen and oxygen atoms in total. The lowest BCUT2D eigenvalue weighted by Crippen LogP contribution is -2.50. The number of anilines is 1. The van der Waals surface area contributed by atoms with Crippen LogP contribution in [0.25, 0.3) is 0 Å². The molecule has 2 N–H and O–H groups in total. The van der Waals surface area contributed by atoms with Crippen LogP contribution in [0.4, 0.5) is 10.5 Å². The lowest BCUT2D eigenvalue weighted by Gasteiger charge is -2.31. The minimum absolute atomic E-state index is 0.117. The number of carbonyl (C=O) groups is 1. The number of hydrogen-bond acceptors (Lipinski definition) is 3. The van der Waals surface area contributed by atoms with Crippen molar-refractivity contribution in [1.82, 2.24) is 10.2 Å². The average Bonchev–Trinajstić information content (AvgIpc) is 2.93. The number of fused-ring (bicyclic) bond motifs is 1. The van der Waals surface area contributed by atoms with E-state index in [4.69, 9.17) is 0 Å². The molecule has 1 unspecified atom stereocenters. The summed E-state index contributed by atoms with van der Waals surface area (Å²) >= 11 is 0. The molecular weight excluding hydrogens is 290 g/mol. The maximum atomic E-state index is 12.3. The molecule has 1 aromatic carbocycles. The van der Waals surface area contributed by atoms with Gasteiger partial charge in [0, 0.05) is 31.4 Å². The van der Waals surface area contributed by atoms with Gasteiger partial charge < -0.3 is 20.2 Å². The molecular formula is C18H29N3O2. The van der Waals surface area contributed by atoms with Crippen molar-refractivity contribution in [3.8, 4) is 0 Å². The third kappa shape index (κ3) is 4.61. The van der Waals surface area contributed by atoms with E-state index in [1.54, 1.807) is 18.7 Å². The van der Waals surface area contributed by atoms with Gasteiger partial charge in [-0.3, -0.25) is 0 Å². The fourth-order valence-corrected chi connectivity index (χ4v) is 3.07. The van der Waals surface area contributed by atoms with E-state index in [0.717, 1.165) is 13.0 Å². The van der Waals surface area contributed by atoms with E-state index in [9.17, 15) is 9.90 Å². The van der Waals surface area contributed by atoms with Gasteiger partial charge in [0.1, 0.15) is 0 Å². The van der Waals surface area contributed by atoms with Gasteiger partial charge in [-0.2, -0.15) is 0 Å². The Morgan fingerprint density at radius 2 is 2.13 bits per heavy atom. The number of rotatable bonds is 6. The number of carbonyl (C=O) groups excluding carboxylic acids is 1. The monoisotopic (exact) mass is 319 g/mol. The number of para-hydroxylation sites is 1. The summed E-state index contributed by atoms with van der Waals surface area (Å²) in [7, 11) is 0. The van der Waals surface area contributed by atoms with Crippen LogP contribution in [-0.4, -0.2) is 53.9 Å². The molecule has 0 saturated carbocycles. The SMILES string of the molecule is CCN(CC(C)(C)O)C(=O)NCC(C)N1CCc2ccccc21. The molecule has 1 aliphatic rings. The lowest BCUT2D eigenvalue weighted by atomic mass is 10.1. The Morgan fingerprint density at radius 1 is 1.43 bits per heavy atom. The Morgan fingerprint density at radius 3 is 2.78 bits per heavy atom. The molecule has 0 bridgehead atoms. The van der Waals surface area contributed by atoms with Crippen LogP contribution >= 0.6 is 0 Å². The quantitative estimate of drug-likeness (QED) is 0.845. The van der Waals surface area contributed by atoms with Gasteiger partial charge in [0.05, 0.1) is 12.1 Å². The number of aliphatic hydroxyl groups is 1. The number of amides is 2. The highest BCUT2D eigenvalue weighted by molar-refractivity contribution is 5.74. The van der Waals surface area contributed by atoms with Crippen molar-refractivity contribution < 1.29 is 9.90 Å². The van der Waals surface area contributed by atoms with E-state index >= 15 is 0 Å². The smallest absolute Gasteiger partial charge is 0.317 e. The minimum Gasteiger partial charge on any atom is -0.389 e. The Kier molecular flexibility index (Phi) is 5.52. The third-order valence-electron chi connectivity index (χ3n) is 4.25. The van der Waals surface area contributed by atoms with Crippen LogP contribution in [0.5, 0.6) is 0 Å². The second kappa shape index (κ2) is 7.21. The third-order valence-corrected chi connectivity index (χ3v) is 4.25. The number of likely N-dealkylation sites (N-methyl/N-ethyl adjacent to an activating group) is 1. The Bertz CT molecular complexity index is 539. The number of benzene rings is 1. The van der Waals surface area contributed by atoms with Crippen molar-refractivity contribution in [3.05, 3.63) is 29.8 Å². The van der Waals surface area contributed by atoms with E-state index in [1.165, 1.54) is 11.3 Å². The van der Waals surface area contributed by atoms with E-state index < -0.39 is 5.60 Å². The number of nitrogens with one attached hydrogen (secondary N) is 1. The molecule has 128 valence electrons. The lowest BCUT2D eigenvalue weighted by molar-refractivity contribution is 0.0480. The number of urea groups is 1. The zero-order chi connectivity index (χ0) is 17.0. The summed E-state index contributed by atoms with van der Waals surface area (Å²) in [4.78, 5) is 16.3. The van der Waals surface area contributed by atoms with Crippen molar-refractivity contribution in [3.63, 3.8) is 0 Å². The summed E-state index contributed by atoms with van der Waals surface area (Å²) in [6.45, 7) is 9.99. The van der Waals surface area contributed by atoms with Crippen molar-refractivity contribution in [1.29, 1.82) is 0 Å². The molecule has 0 spiro atoms. The average molecular weight is 319 g/mol. The van der Waals surface area contributed by atoms with Crippen LogP contribution in [0.15, 0.2) is 24.3 Å². The molecule has 0 aromatic heterocycles. The molecule has 1 aliphatic heterocycles. The van der Waals surface area contributed by atoms with Crippen molar-refractivity contribution >= 4 is 11.7 Å². The van der Waals surface area contributed by atoms with E-state index in [2.05, 4.69) is 41.4 Å². The van der Waals surface area contributed by atoms with E-state index in [1.807, 2.05) is 6.92 Å². The molecule has 1 atom stereocenters. The van der Waals surface area contributed by atoms with Gasteiger partial charge >= 0.3 is 6.03 Å². The van der Waals surface area contributed by atoms with Crippen LogP contribution < -0.4 is 10.2 Å². The van der Waals surface area contributed by atoms with Crippen LogP contribution in [0.1, 0.15) is 33.3 Å². The summed E-state index contributed by atoms with van der Waals surface area (Å²) in [6, 6.07) is 8.57. The van der Waals surface area contributed by atoms with Crippen LogP contribution in [0.2, 0.25) is 0 Å². The molecule has 0 radical (unpaired) electrons. The molecule has 0 saturated heterocycles. The Labute approximate surface area is 139 Å². The fraction of sp³-hybridized carbons (Fsp3) is 0.611. The summed E-state index contributed by atoms with van der Waals surface area (Å²) in [5.41, 5.74) is 1.77. The molecule has 23 heavy (non-hydrogen) atoms. The van der Waals surface area contributed by atoms with Crippen LogP contribution in [0, 0.1) is 0 Å². The standard InChI is InChI=1S/C18H29N3O2/c1-5-20(13-18(3,4)23)17(22)19-12-14(2)21-11-10-15-8-6-7-9-16(15)21/h6-9,14,23H,5,10-13H2,1-4H3,(H,19,22). The van der Waals surface area contributed by atoms with E-state index in [-0.39, 0.29) is 12.1 Å². The van der Waals surface area contributed by atoms with Crippen LogP contribution in [0.3, 0.4) is 0 Å². The molecule has 2 rings (SSSR count). The summed E-state index contributed by atoms with van der Waals surface area (Å²) in [5.74, 6) is 0. The molecule has 2 amide bonds. The minimum atomic E-state index is -0.882. The first kappa shape index (κ1) is 17.6. The highest BCUT2D eigenvalue weighted by Crippen LogP contribution is 2.28. The maximum absolute atomic E-state index is 12.3. The van der Waals surface area contributed by atoms with Gasteiger partial charge in [0.25, 0.3) is 0 Å². The molecule has 1 heterocycles. The topological polar surface area (TPSA) is 55.8 Å². The van der Waals surface area contributed by atoms with Crippen molar-refractivity contribution in [2.24, 2.45) is 0 Å². The summed E-state index contributed by atoms with van der Waals surface area (Å²) in [5, 5.41) is 12.9. The first-order chi connectivity index (χ1) is 10.8. The highest BCUT2D eigenvalue weighted by Gasteiger charge is 2.25. The first-order valence-electron chi connectivity index (χ1n) is 8.41. The maximum Gasteiger partial charge on any atom is 0.317 e. The van der Waals surface area contributed by atoms with Gasteiger partial charge in [-0.25, -0.2) is 4.79 Å². The zero-order valence-corrected chi connectivity index (χ0v) is 14.7. The molecule has 0 aliphatic carbocycles. The molecule has 0 fully saturated rings. The number of hydrogen-bond donors (Lipinski definition) is 2. The van der Waals surface area contributed by atoms with Gasteiger partial charge in [-0.05, 0) is 45.7 Å². The Hall–Kier alpha value is -1.75. The molecule has 1 aromatic rings. The first-order valence-corrected chi connectivity index (χ1v) is 8.41. The highest BCUT2D eigenvalue weighted by atomic mass is 16.3. The Balaban J connectivity index is 1.89. The van der Waals surface area contributed by atoms with Crippen molar-refractivity contribution in [2.75, 3.05) is 31.1 Å². The van der Waals surface area contributed by atoms with Crippen molar-refractivity contribution in [2.45, 2.75) is 45.8 Å². The summed E-state index contributed by atoms with van der Waals surface area (Å²) in [6.07, 6.45) is 1.06. The molecule has 5 heteroatoms.